The van der Waals surface area contributed by atoms with Crippen LogP contribution in [0.1, 0.15) is 65.7 Å². The molecule has 0 bridgehead atoms. The number of carbonyl (C=O) groups is 2. The van der Waals surface area contributed by atoms with Crippen molar-refractivity contribution in [3.63, 3.8) is 0 Å². The molecule has 1 fully saturated rings. The van der Waals surface area contributed by atoms with Crippen LogP contribution in [0.2, 0.25) is 0 Å². The molecular weight excluding hydrogens is 242 g/mol. The number of carbonyl (C=O) groups excluding carboxylic acids is 1. The van der Waals surface area contributed by atoms with Crippen LogP contribution in [0.25, 0.3) is 0 Å². The zero-order valence-electron chi connectivity index (χ0n) is 12.4. The van der Waals surface area contributed by atoms with Crippen LogP contribution in [0.4, 0.5) is 0 Å². The van der Waals surface area contributed by atoms with Crippen LogP contribution in [-0.2, 0) is 9.59 Å². The quantitative estimate of drug-likeness (QED) is 0.754. The van der Waals surface area contributed by atoms with Gasteiger partial charge in [0.05, 0.1) is 5.41 Å². The molecule has 0 aliphatic heterocycles. The molecule has 0 unspecified atom stereocenters. The monoisotopic (exact) mass is 269 g/mol. The average molecular weight is 269 g/mol. The van der Waals surface area contributed by atoms with Gasteiger partial charge in [0.1, 0.15) is 0 Å². The summed E-state index contributed by atoms with van der Waals surface area (Å²) in [5.41, 5.74) is -1.04. The van der Waals surface area contributed by atoms with Crippen LogP contribution in [0.5, 0.6) is 0 Å². The molecule has 4 heteroatoms. The number of carboxylic acid groups (broad SMARTS) is 1. The molecule has 0 heterocycles. The first-order valence-corrected chi connectivity index (χ1v) is 7.30. The van der Waals surface area contributed by atoms with E-state index < -0.39 is 11.4 Å². The first-order valence-electron chi connectivity index (χ1n) is 7.30. The van der Waals surface area contributed by atoms with E-state index in [0.717, 1.165) is 25.7 Å². The summed E-state index contributed by atoms with van der Waals surface area (Å²) >= 11 is 0. The fourth-order valence-corrected chi connectivity index (χ4v) is 2.54. The van der Waals surface area contributed by atoms with Crippen molar-refractivity contribution in [1.82, 2.24) is 5.32 Å². The molecule has 1 saturated carbocycles. The van der Waals surface area contributed by atoms with E-state index in [1.54, 1.807) is 13.8 Å². The molecule has 0 radical (unpaired) electrons. The zero-order valence-corrected chi connectivity index (χ0v) is 12.4. The highest BCUT2D eigenvalue weighted by Gasteiger charge is 2.34. The van der Waals surface area contributed by atoms with Gasteiger partial charge in [0.25, 0.3) is 0 Å². The molecule has 0 atom stereocenters. The first-order chi connectivity index (χ1) is 8.78. The maximum Gasteiger partial charge on any atom is 0.309 e. The van der Waals surface area contributed by atoms with Gasteiger partial charge in [-0.05, 0) is 33.1 Å². The molecule has 0 aromatic carbocycles. The SMILES string of the molecule is CC(C)(CCNC(=O)C1(C)CCCCCC1)C(=O)O. The molecule has 0 aromatic heterocycles. The molecule has 1 rings (SSSR count). The lowest BCUT2D eigenvalue weighted by atomic mass is 9.81. The molecule has 19 heavy (non-hydrogen) atoms. The van der Waals surface area contributed by atoms with Crippen LogP contribution in [-0.4, -0.2) is 23.5 Å². The molecule has 0 aromatic rings. The Morgan fingerprint density at radius 3 is 2.16 bits per heavy atom. The van der Waals surface area contributed by atoms with Gasteiger partial charge in [0.15, 0.2) is 0 Å². The van der Waals surface area contributed by atoms with Gasteiger partial charge in [-0.3, -0.25) is 9.59 Å². The van der Waals surface area contributed by atoms with E-state index in [1.807, 2.05) is 6.92 Å². The number of hydrogen-bond acceptors (Lipinski definition) is 2. The summed E-state index contributed by atoms with van der Waals surface area (Å²) in [7, 11) is 0. The minimum absolute atomic E-state index is 0.0931. The lowest BCUT2D eigenvalue weighted by Crippen LogP contribution is -2.40. The van der Waals surface area contributed by atoms with Crippen molar-refractivity contribution < 1.29 is 14.7 Å². The highest BCUT2D eigenvalue weighted by atomic mass is 16.4. The molecule has 1 amide bonds. The third-order valence-corrected chi connectivity index (χ3v) is 4.37. The smallest absolute Gasteiger partial charge is 0.309 e. The number of nitrogens with one attached hydrogen (secondary N) is 1. The second kappa shape index (κ2) is 6.40. The summed E-state index contributed by atoms with van der Waals surface area (Å²) in [5, 5.41) is 12.0. The Hall–Kier alpha value is -1.06. The highest BCUT2D eigenvalue weighted by molar-refractivity contribution is 5.82. The molecule has 2 N–H and O–H groups in total. The molecule has 110 valence electrons. The minimum atomic E-state index is -0.817. The van der Waals surface area contributed by atoms with Crippen LogP contribution in [0, 0.1) is 10.8 Å². The van der Waals surface area contributed by atoms with E-state index in [-0.39, 0.29) is 11.3 Å². The number of carboxylic acids is 1. The lowest BCUT2D eigenvalue weighted by Gasteiger charge is -2.27. The maximum absolute atomic E-state index is 12.3. The van der Waals surface area contributed by atoms with Crippen molar-refractivity contribution in [2.24, 2.45) is 10.8 Å². The summed E-state index contributed by atoms with van der Waals surface area (Å²) < 4.78 is 0. The van der Waals surface area contributed by atoms with Gasteiger partial charge in [-0.2, -0.15) is 0 Å². The molecule has 0 spiro atoms. The van der Waals surface area contributed by atoms with E-state index in [9.17, 15) is 9.59 Å². The second-order valence-electron chi connectivity index (χ2n) is 6.67. The highest BCUT2D eigenvalue weighted by Crippen LogP contribution is 2.34. The lowest BCUT2D eigenvalue weighted by molar-refractivity contribution is -0.147. The third-order valence-electron chi connectivity index (χ3n) is 4.37. The summed E-state index contributed by atoms with van der Waals surface area (Å²) in [4.78, 5) is 23.3. The Morgan fingerprint density at radius 1 is 1.16 bits per heavy atom. The summed E-state index contributed by atoms with van der Waals surface area (Å²) in [5.74, 6) is -0.724. The van der Waals surface area contributed by atoms with Gasteiger partial charge < -0.3 is 10.4 Å². The van der Waals surface area contributed by atoms with E-state index in [1.165, 1.54) is 12.8 Å². The fraction of sp³-hybridized carbons (Fsp3) is 0.867. The number of hydrogen-bond donors (Lipinski definition) is 2. The number of amides is 1. The standard InChI is InChI=1S/C15H27NO3/c1-14(2,13(18)19)10-11-16-12(17)15(3)8-6-4-5-7-9-15/h4-11H2,1-3H3,(H,16,17)(H,18,19). The maximum atomic E-state index is 12.3. The minimum Gasteiger partial charge on any atom is -0.481 e. The summed E-state index contributed by atoms with van der Waals surface area (Å²) in [6, 6.07) is 0. The molecule has 4 nitrogen and oxygen atoms in total. The third kappa shape index (κ3) is 4.51. The summed E-state index contributed by atoms with van der Waals surface area (Å²) in [6.45, 7) is 5.85. The largest absolute Gasteiger partial charge is 0.481 e. The van der Waals surface area contributed by atoms with Crippen LogP contribution >= 0.6 is 0 Å². The molecule has 1 aliphatic rings. The second-order valence-corrected chi connectivity index (χ2v) is 6.67. The van der Waals surface area contributed by atoms with Crippen molar-refractivity contribution in [3.05, 3.63) is 0 Å². The molecular formula is C15H27NO3. The zero-order chi connectivity index (χ0) is 14.5. The predicted octanol–water partition coefficient (Wildman–Crippen LogP) is 2.96. The topological polar surface area (TPSA) is 66.4 Å². The van der Waals surface area contributed by atoms with E-state index >= 15 is 0 Å². The first kappa shape index (κ1) is 16.0. The Balaban J connectivity index is 2.44. The average Bonchev–Trinajstić information content (AvgIpc) is 2.54. The van der Waals surface area contributed by atoms with E-state index in [0.29, 0.717) is 13.0 Å². The van der Waals surface area contributed by atoms with Crippen molar-refractivity contribution in [2.45, 2.75) is 65.7 Å². The molecule has 0 saturated heterocycles. The van der Waals surface area contributed by atoms with Crippen LogP contribution in [0.15, 0.2) is 0 Å². The van der Waals surface area contributed by atoms with Crippen molar-refractivity contribution >= 4 is 11.9 Å². The Labute approximate surface area is 116 Å². The van der Waals surface area contributed by atoms with Crippen molar-refractivity contribution in [1.29, 1.82) is 0 Å². The fourth-order valence-electron chi connectivity index (χ4n) is 2.54. The van der Waals surface area contributed by atoms with Crippen LogP contribution in [0.3, 0.4) is 0 Å². The van der Waals surface area contributed by atoms with Crippen molar-refractivity contribution in [3.8, 4) is 0 Å². The summed E-state index contributed by atoms with van der Waals surface area (Å²) in [6.07, 6.45) is 7.02. The van der Waals surface area contributed by atoms with E-state index in [2.05, 4.69) is 5.32 Å². The normalized spacial score (nSPS) is 19.5. The Kier molecular flexibility index (Phi) is 5.39. The molecule has 1 aliphatic carbocycles. The number of aliphatic carboxylic acids is 1. The van der Waals surface area contributed by atoms with Crippen molar-refractivity contribution in [2.75, 3.05) is 6.54 Å². The van der Waals surface area contributed by atoms with Gasteiger partial charge in [0, 0.05) is 12.0 Å². The van der Waals surface area contributed by atoms with Gasteiger partial charge >= 0.3 is 5.97 Å². The number of rotatable bonds is 5. The van der Waals surface area contributed by atoms with E-state index in [4.69, 9.17) is 5.11 Å². The van der Waals surface area contributed by atoms with Gasteiger partial charge in [-0.1, -0.05) is 32.6 Å². The Bertz CT molecular complexity index is 328. The van der Waals surface area contributed by atoms with Crippen LogP contribution < -0.4 is 5.32 Å². The van der Waals surface area contributed by atoms with Gasteiger partial charge in [0.2, 0.25) is 5.91 Å². The predicted molar refractivity (Wildman–Crippen MR) is 74.9 cm³/mol. The van der Waals surface area contributed by atoms with Gasteiger partial charge in [-0.25, -0.2) is 0 Å². The Morgan fingerprint density at radius 2 is 1.68 bits per heavy atom. The van der Waals surface area contributed by atoms with Gasteiger partial charge in [-0.15, -0.1) is 0 Å².